The molecule has 0 unspecified atom stereocenters. The number of rotatable bonds is 6. The number of anilines is 1. The third-order valence-electron chi connectivity index (χ3n) is 3.06. The van der Waals surface area contributed by atoms with Crippen LogP contribution in [0.15, 0.2) is 23.2 Å². The van der Waals surface area contributed by atoms with E-state index in [1.807, 2.05) is 32.0 Å². The number of hydrogen-bond acceptors (Lipinski definition) is 4. The smallest absolute Gasteiger partial charge is 0.195 e. The SMILES string of the molecule is CCNC(=NCCOCC)Nc1ccc2c(c1)OCCCO2. The molecule has 1 aliphatic rings. The molecule has 0 atom stereocenters. The maximum Gasteiger partial charge on any atom is 0.195 e. The van der Waals surface area contributed by atoms with Gasteiger partial charge < -0.3 is 24.8 Å². The predicted octanol–water partition coefficient (Wildman–Crippen LogP) is 2.26. The van der Waals surface area contributed by atoms with Crippen molar-refractivity contribution < 1.29 is 14.2 Å². The molecular formula is C16H25N3O3. The van der Waals surface area contributed by atoms with E-state index in [1.165, 1.54) is 0 Å². The Kier molecular flexibility index (Phi) is 6.83. The van der Waals surface area contributed by atoms with Gasteiger partial charge in [-0.2, -0.15) is 0 Å². The van der Waals surface area contributed by atoms with Crippen LogP contribution in [0.3, 0.4) is 0 Å². The number of nitrogens with zero attached hydrogens (tertiary/aromatic N) is 1. The highest BCUT2D eigenvalue weighted by molar-refractivity contribution is 5.93. The van der Waals surface area contributed by atoms with E-state index in [0.29, 0.717) is 33.0 Å². The Hall–Kier alpha value is -1.95. The lowest BCUT2D eigenvalue weighted by Crippen LogP contribution is -2.31. The fourth-order valence-corrected chi connectivity index (χ4v) is 2.05. The number of fused-ring (bicyclic) bond motifs is 1. The molecule has 0 aromatic heterocycles. The highest BCUT2D eigenvalue weighted by atomic mass is 16.5. The summed E-state index contributed by atoms with van der Waals surface area (Å²) in [7, 11) is 0. The van der Waals surface area contributed by atoms with Crippen molar-refractivity contribution in [2.45, 2.75) is 20.3 Å². The molecule has 1 aromatic rings. The average molecular weight is 307 g/mol. The van der Waals surface area contributed by atoms with Crippen molar-refractivity contribution in [2.24, 2.45) is 4.99 Å². The van der Waals surface area contributed by atoms with Gasteiger partial charge in [-0.3, -0.25) is 4.99 Å². The summed E-state index contributed by atoms with van der Waals surface area (Å²) in [6.07, 6.45) is 0.902. The van der Waals surface area contributed by atoms with Gasteiger partial charge in [0.1, 0.15) is 0 Å². The van der Waals surface area contributed by atoms with Gasteiger partial charge in [0.05, 0.1) is 26.4 Å². The van der Waals surface area contributed by atoms with E-state index >= 15 is 0 Å². The van der Waals surface area contributed by atoms with Crippen LogP contribution in [0.4, 0.5) is 5.69 Å². The van der Waals surface area contributed by atoms with Crippen molar-refractivity contribution >= 4 is 11.6 Å². The van der Waals surface area contributed by atoms with E-state index in [-0.39, 0.29) is 0 Å². The quantitative estimate of drug-likeness (QED) is 0.479. The Bertz CT molecular complexity index is 492. The first kappa shape index (κ1) is 16.4. The van der Waals surface area contributed by atoms with Gasteiger partial charge in [-0.05, 0) is 26.0 Å². The fourth-order valence-electron chi connectivity index (χ4n) is 2.05. The summed E-state index contributed by atoms with van der Waals surface area (Å²) >= 11 is 0. The molecule has 0 aliphatic carbocycles. The maximum atomic E-state index is 5.70. The van der Waals surface area contributed by atoms with Gasteiger partial charge in [0, 0.05) is 31.3 Å². The van der Waals surface area contributed by atoms with Gasteiger partial charge in [0.15, 0.2) is 17.5 Å². The van der Waals surface area contributed by atoms with Crippen molar-refractivity contribution in [1.82, 2.24) is 5.32 Å². The second kappa shape index (κ2) is 9.15. The molecule has 122 valence electrons. The summed E-state index contributed by atoms with van der Waals surface area (Å²) in [5, 5.41) is 6.49. The molecule has 2 rings (SSSR count). The number of guanidine groups is 1. The number of aliphatic imine (C=N–C) groups is 1. The summed E-state index contributed by atoms with van der Waals surface area (Å²) in [6.45, 7) is 8.13. The zero-order valence-electron chi connectivity index (χ0n) is 13.4. The molecule has 6 heteroatoms. The van der Waals surface area contributed by atoms with Crippen molar-refractivity contribution in [3.05, 3.63) is 18.2 Å². The number of ether oxygens (including phenoxy) is 3. The molecular weight excluding hydrogens is 282 g/mol. The van der Waals surface area contributed by atoms with E-state index in [2.05, 4.69) is 15.6 Å². The molecule has 1 heterocycles. The van der Waals surface area contributed by atoms with Gasteiger partial charge in [-0.25, -0.2) is 0 Å². The highest BCUT2D eigenvalue weighted by Crippen LogP contribution is 2.32. The van der Waals surface area contributed by atoms with E-state index in [0.717, 1.165) is 36.1 Å². The van der Waals surface area contributed by atoms with Gasteiger partial charge in [0.25, 0.3) is 0 Å². The van der Waals surface area contributed by atoms with Crippen LogP contribution in [0.1, 0.15) is 20.3 Å². The maximum absolute atomic E-state index is 5.70. The average Bonchev–Trinajstić information content (AvgIpc) is 2.76. The first-order chi connectivity index (χ1) is 10.8. The highest BCUT2D eigenvalue weighted by Gasteiger charge is 2.11. The molecule has 0 amide bonds. The van der Waals surface area contributed by atoms with Crippen LogP contribution in [0.5, 0.6) is 11.5 Å². The molecule has 22 heavy (non-hydrogen) atoms. The van der Waals surface area contributed by atoms with Gasteiger partial charge >= 0.3 is 0 Å². The second-order valence-corrected chi connectivity index (χ2v) is 4.79. The predicted molar refractivity (Wildman–Crippen MR) is 88.1 cm³/mol. The lowest BCUT2D eigenvalue weighted by molar-refractivity contribution is 0.156. The first-order valence-electron chi connectivity index (χ1n) is 7.86. The third-order valence-corrected chi connectivity index (χ3v) is 3.06. The fraction of sp³-hybridized carbons (Fsp3) is 0.562. The normalized spacial score (nSPS) is 14.4. The molecule has 0 fully saturated rings. The lowest BCUT2D eigenvalue weighted by Gasteiger charge is -2.13. The topological polar surface area (TPSA) is 64.1 Å². The molecule has 6 nitrogen and oxygen atoms in total. The minimum atomic E-state index is 0.619. The number of nitrogens with one attached hydrogen (secondary N) is 2. The Morgan fingerprint density at radius 3 is 2.82 bits per heavy atom. The largest absolute Gasteiger partial charge is 0.490 e. The van der Waals surface area contributed by atoms with Crippen molar-refractivity contribution in [3.63, 3.8) is 0 Å². The van der Waals surface area contributed by atoms with E-state index in [9.17, 15) is 0 Å². The molecule has 1 aromatic carbocycles. The van der Waals surface area contributed by atoms with Gasteiger partial charge in [0.2, 0.25) is 0 Å². The van der Waals surface area contributed by atoms with Gasteiger partial charge in [-0.15, -0.1) is 0 Å². The number of hydrogen-bond donors (Lipinski definition) is 2. The van der Waals surface area contributed by atoms with Crippen LogP contribution in [0, 0.1) is 0 Å². The third kappa shape index (κ3) is 5.11. The van der Waals surface area contributed by atoms with E-state index in [1.54, 1.807) is 0 Å². The summed E-state index contributed by atoms with van der Waals surface area (Å²) in [4.78, 5) is 4.47. The van der Waals surface area contributed by atoms with Crippen LogP contribution in [0.25, 0.3) is 0 Å². The first-order valence-corrected chi connectivity index (χ1v) is 7.86. The van der Waals surface area contributed by atoms with Crippen molar-refractivity contribution in [2.75, 3.05) is 44.8 Å². The van der Waals surface area contributed by atoms with Crippen LogP contribution in [-0.4, -0.2) is 45.5 Å². The summed E-state index contributed by atoms with van der Waals surface area (Å²) in [5.41, 5.74) is 0.917. The molecule has 2 N–H and O–H groups in total. The molecule has 0 saturated carbocycles. The number of benzene rings is 1. The standard InChI is InChI=1S/C16H25N3O3/c1-3-17-16(18-8-11-20-4-2)19-13-6-7-14-15(12-13)22-10-5-9-21-14/h6-7,12H,3-5,8-11H2,1-2H3,(H2,17,18,19). The van der Waals surface area contributed by atoms with Gasteiger partial charge in [-0.1, -0.05) is 0 Å². The lowest BCUT2D eigenvalue weighted by atomic mass is 10.3. The Balaban J connectivity index is 2.01. The Morgan fingerprint density at radius 2 is 2.05 bits per heavy atom. The summed E-state index contributed by atoms with van der Waals surface area (Å²) in [6, 6.07) is 5.83. The van der Waals surface area contributed by atoms with Crippen LogP contribution in [0.2, 0.25) is 0 Å². The molecule has 0 bridgehead atoms. The molecule has 1 aliphatic heterocycles. The van der Waals surface area contributed by atoms with E-state index in [4.69, 9.17) is 14.2 Å². The van der Waals surface area contributed by atoms with E-state index < -0.39 is 0 Å². The molecule has 0 radical (unpaired) electrons. The molecule has 0 saturated heterocycles. The minimum Gasteiger partial charge on any atom is -0.490 e. The minimum absolute atomic E-state index is 0.619. The molecule has 0 spiro atoms. The zero-order chi connectivity index (χ0) is 15.6. The Labute approximate surface area is 131 Å². The van der Waals surface area contributed by atoms with Crippen LogP contribution < -0.4 is 20.1 Å². The van der Waals surface area contributed by atoms with Crippen molar-refractivity contribution in [1.29, 1.82) is 0 Å². The summed E-state index contributed by atoms with van der Waals surface area (Å²) in [5.74, 6) is 2.30. The summed E-state index contributed by atoms with van der Waals surface area (Å²) < 4.78 is 16.6. The van der Waals surface area contributed by atoms with Crippen LogP contribution in [-0.2, 0) is 4.74 Å². The van der Waals surface area contributed by atoms with Crippen molar-refractivity contribution in [3.8, 4) is 11.5 Å². The zero-order valence-corrected chi connectivity index (χ0v) is 13.4. The monoisotopic (exact) mass is 307 g/mol. The van der Waals surface area contributed by atoms with Crippen LogP contribution >= 0.6 is 0 Å². The Morgan fingerprint density at radius 1 is 1.23 bits per heavy atom. The second-order valence-electron chi connectivity index (χ2n) is 4.79.